The topological polar surface area (TPSA) is 47.1 Å². The molecule has 2 heterocycles. The molecular weight excluding hydrogens is 188 g/mol. The Labute approximate surface area is 91.1 Å². The molecule has 0 bridgehead atoms. The number of nitrogens with two attached hydrogens (primary N) is 1. The van der Waals surface area contributed by atoms with E-state index in [1.807, 2.05) is 12.5 Å². The summed E-state index contributed by atoms with van der Waals surface area (Å²) >= 11 is 0. The fraction of sp³-hybridized carbons (Fsp3) is 0.727. The Balaban J connectivity index is 1.97. The van der Waals surface area contributed by atoms with Crippen LogP contribution in [0.4, 0.5) is 0 Å². The molecule has 0 spiro atoms. The minimum absolute atomic E-state index is 0.476. The average molecular weight is 208 g/mol. The predicted octanol–water partition coefficient (Wildman–Crippen LogP) is 0.999. The van der Waals surface area contributed by atoms with Crippen molar-refractivity contribution in [2.24, 2.45) is 5.73 Å². The molecule has 2 N–H and O–H groups in total. The molecule has 1 fully saturated rings. The minimum atomic E-state index is 0.476. The van der Waals surface area contributed by atoms with E-state index in [2.05, 4.69) is 21.4 Å². The monoisotopic (exact) mass is 208 g/mol. The number of hydrogen-bond donors (Lipinski definition) is 1. The van der Waals surface area contributed by atoms with Gasteiger partial charge in [0.25, 0.3) is 0 Å². The molecular formula is C11H20N4. The van der Waals surface area contributed by atoms with Crippen LogP contribution in [0.2, 0.25) is 0 Å². The van der Waals surface area contributed by atoms with Crippen LogP contribution in [0.15, 0.2) is 12.5 Å². The highest BCUT2D eigenvalue weighted by Gasteiger charge is 2.16. The maximum atomic E-state index is 5.67. The van der Waals surface area contributed by atoms with Gasteiger partial charge in [-0.05, 0) is 32.9 Å². The van der Waals surface area contributed by atoms with Crippen LogP contribution < -0.4 is 5.73 Å². The molecule has 4 nitrogen and oxygen atoms in total. The molecule has 0 amide bonds. The lowest BCUT2D eigenvalue weighted by Crippen LogP contribution is -2.27. The van der Waals surface area contributed by atoms with E-state index in [1.54, 1.807) is 0 Å². The lowest BCUT2D eigenvalue weighted by molar-refractivity contribution is 0.285. The van der Waals surface area contributed by atoms with E-state index in [-0.39, 0.29) is 0 Å². The highest BCUT2D eigenvalue weighted by Crippen LogP contribution is 2.15. The van der Waals surface area contributed by atoms with Crippen LogP contribution in [-0.4, -0.2) is 34.1 Å². The molecule has 0 saturated carbocycles. The van der Waals surface area contributed by atoms with Crippen LogP contribution >= 0.6 is 0 Å². The maximum Gasteiger partial charge on any atom is 0.0951 e. The normalized spacial score (nSPS) is 19.6. The SMILES string of the molecule is CC(CN1CCCC1)n1cncc1CN. The van der Waals surface area contributed by atoms with Crippen LogP contribution in [0.25, 0.3) is 0 Å². The summed E-state index contributed by atoms with van der Waals surface area (Å²) in [6.45, 7) is 6.42. The summed E-state index contributed by atoms with van der Waals surface area (Å²) in [5, 5.41) is 0. The van der Waals surface area contributed by atoms with Gasteiger partial charge in [-0.2, -0.15) is 0 Å². The Kier molecular flexibility index (Phi) is 3.38. The molecule has 15 heavy (non-hydrogen) atoms. The first-order valence-electron chi connectivity index (χ1n) is 5.74. The summed E-state index contributed by atoms with van der Waals surface area (Å²) in [7, 11) is 0. The lowest BCUT2D eigenvalue weighted by Gasteiger charge is -2.22. The Bertz CT molecular complexity index is 301. The van der Waals surface area contributed by atoms with Crippen molar-refractivity contribution in [3.8, 4) is 0 Å². The third-order valence-corrected chi connectivity index (χ3v) is 3.15. The van der Waals surface area contributed by atoms with Gasteiger partial charge in [0.15, 0.2) is 0 Å². The minimum Gasteiger partial charge on any atom is -0.329 e. The fourth-order valence-corrected chi connectivity index (χ4v) is 2.31. The van der Waals surface area contributed by atoms with Gasteiger partial charge in [-0.3, -0.25) is 0 Å². The average Bonchev–Trinajstić information content (AvgIpc) is 2.86. The molecule has 1 unspecified atom stereocenters. The zero-order chi connectivity index (χ0) is 10.7. The zero-order valence-electron chi connectivity index (χ0n) is 9.39. The van der Waals surface area contributed by atoms with Gasteiger partial charge in [0.2, 0.25) is 0 Å². The van der Waals surface area contributed by atoms with Gasteiger partial charge in [0.05, 0.1) is 12.0 Å². The molecule has 84 valence electrons. The second-order valence-electron chi connectivity index (χ2n) is 4.35. The smallest absolute Gasteiger partial charge is 0.0951 e. The molecule has 1 saturated heterocycles. The van der Waals surface area contributed by atoms with Crippen molar-refractivity contribution in [3.05, 3.63) is 18.2 Å². The standard InChI is InChI=1S/C11H20N4/c1-10(8-14-4-2-3-5-14)15-9-13-7-11(15)6-12/h7,9-10H,2-6,8,12H2,1H3. The van der Waals surface area contributed by atoms with E-state index in [4.69, 9.17) is 5.73 Å². The summed E-state index contributed by atoms with van der Waals surface area (Å²) < 4.78 is 2.19. The molecule has 1 aliphatic rings. The number of nitrogens with zero attached hydrogens (tertiary/aromatic N) is 3. The van der Waals surface area contributed by atoms with Gasteiger partial charge in [0, 0.05) is 25.3 Å². The van der Waals surface area contributed by atoms with Crippen molar-refractivity contribution in [1.82, 2.24) is 14.5 Å². The van der Waals surface area contributed by atoms with Crippen molar-refractivity contribution in [1.29, 1.82) is 0 Å². The molecule has 1 atom stereocenters. The van der Waals surface area contributed by atoms with Gasteiger partial charge in [-0.25, -0.2) is 4.98 Å². The number of likely N-dealkylation sites (tertiary alicyclic amines) is 1. The second kappa shape index (κ2) is 4.77. The highest BCUT2D eigenvalue weighted by atomic mass is 15.2. The molecule has 2 rings (SSSR count). The number of aromatic nitrogens is 2. The predicted molar refractivity (Wildman–Crippen MR) is 60.5 cm³/mol. The molecule has 1 aromatic heterocycles. The van der Waals surface area contributed by atoms with Crippen molar-refractivity contribution < 1.29 is 0 Å². The third-order valence-electron chi connectivity index (χ3n) is 3.15. The molecule has 0 aromatic carbocycles. The van der Waals surface area contributed by atoms with Gasteiger partial charge < -0.3 is 15.2 Å². The summed E-state index contributed by atoms with van der Waals surface area (Å²) in [5.74, 6) is 0. The number of imidazole rings is 1. The van der Waals surface area contributed by atoms with Crippen molar-refractivity contribution in [2.75, 3.05) is 19.6 Å². The quantitative estimate of drug-likeness (QED) is 0.803. The first kappa shape index (κ1) is 10.6. The summed E-state index contributed by atoms with van der Waals surface area (Å²) in [6.07, 6.45) is 6.45. The molecule has 1 aromatic rings. The molecule has 1 aliphatic heterocycles. The van der Waals surface area contributed by atoms with Gasteiger partial charge >= 0.3 is 0 Å². The maximum absolute atomic E-state index is 5.67. The van der Waals surface area contributed by atoms with E-state index in [9.17, 15) is 0 Å². The highest BCUT2D eigenvalue weighted by molar-refractivity contribution is 4.99. The van der Waals surface area contributed by atoms with E-state index >= 15 is 0 Å². The zero-order valence-corrected chi connectivity index (χ0v) is 9.39. The van der Waals surface area contributed by atoms with E-state index < -0.39 is 0 Å². The van der Waals surface area contributed by atoms with E-state index in [1.165, 1.54) is 25.9 Å². The van der Waals surface area contributed by atoms with Crippen LogP contribution in [0.1, 0.15) is 31.5 Å². The Hall–Kier alpha value is -0.870. The van der Waals surface area contributed by atoms with E-state index in [0.717, 1.165) is 12.2 Å². The number of hydrogen-bond acceptors (Lipinski definition) is 3. The second-order valence-corrected chi connectivity index (χ2v) is 4.35. The summed E-state index contributed by atoms with van der Waals surface area (Å²) in [5.41, 5.74) is 6.79. The largest absolute Gasteiger partial charge is 0.329 e. The summed E-state index contributed by atoms with van der Waals surface area (Å²) in [6, 6.07) is 0.476. The van der Waals surface area contributed by atoms with Crippen LogP contribution in [0.5, 0.6) is 0 Å². The first-order valence-corrected chi connectivity index (χ1v) is 5.74. The Morgan fingerprint density at radius 1 is 1.47 bits per heavy atom. The van der Waals surface area contributed by atoms with Gasteiger partial charge in [0.1, 0.15) is 0 Å². The first-order chi connectivity index (χ1) is 7.31. The van der Waals surface area contributed by atoms with Gasteiger partial charge in [-0.15, -0.1) is 0 Å². The Morgan fingerprint density at radius 2 is 2.20 bits per heavy atom. The van der Waals surface area contributed by atoms with Gasteiger partial charge in [-0.1, -0.05) is 0 Å². The van der Waals surface area contributed by atoms with Crippen molar-refractivity contribution in [2.45, 2.75) is 32.4 Å². The molecule has 0 radical (unpaired) electrons. The van der Waals surface area contributed by atoms with Crippen LogP contribution in [-0.2, 0) is 6.54 Å². The van der Waals surface area contributed by atoms with E-state index in [0.29, 0.717) is 12.6 Å². The fourth-order valence-electron chi connectivity index (χ4n) is 2.31. The Morgan fingerprint density at radius 3 is 2.87 bits per heavy atom. The van der Waals surface area contributed by atoms with Crippen molar-refractivity contribution >= 4 is 0 Å². The number of rotatable bonds is 4. The molecule has 0 aliphatic carbocycles. The summed E-state index contributed by atoms with van der Waals surface area (Å²) in [4.78, 5) is 6.67. The van der Waals surface area contributed by atoms with Crippen LogP contribution in [0.3, 0.4) is 0 Å². The lowest BCUT2D eigenvalue weighted by atomic mass is 10.3. The van der Waals surface area contributed by atoms with Crippen LogP contribution in [0, 0.1) is 0 Å². The molecule has 4 heteroatoms. The van der Waals surface area contributed by atoms with Crippen molar-refractivity contribution in [3.63, 3.8) is 0 Å². The third kappa shape index (κ3) is 2.38.